The molecule has 0 aliphatic carbocycles. The summed E-state index contributed by atoms with van der Waals surface area (Å²) < 4.78 is 0. The molecule has 0 aliphatic heterocycles. The average Bonchev–Trinajstić information content (AvgIpc) is 2.53. The van der Waals surface area contributed by atoms with Crippen LogP contribution in [0.2, 0.25) is 0 Å². The van der Waals surface area contributed by atoms with E-state index in [-0.39, 0.29) is 11.5 Å². The summed E-state index contributed by atoms with van der Waals surface area (Å²) in [6.07, 6.45) is 2.91. The first-order valence-corrected chi connectivity index (χ1v) is 6.60. The van der Waals surface area contributed by atoms with Gasteiger partial charge in [-0.25, -0.2) is 0 Å². The third kappa shape index (κ3) is 8.21. The van der Waals surface area contributed by atoms with Crippen LogP contribution < -0.4 is 0 Å². The minimum Gasteiger partial charge on any atom is -0.265 e. The van der Waals surface area contributed by atoms with Crippen LogP contribution in [0.15, 0.2) is 66.9 Å². The molecule has 114 valence electrons. The van der Waals surface area contributed by atoms with Crippen molar-refractivity contribution < 1.29 is 9.85 Å². The quantitative estimate of drug-likeness (QED) is 0.625. The van der Waals surface area contributed by atoms with Crippen LogP contribution in [0, 0.1) is 20.2 Å². The second-order valence-corrected chi connectivity index (χ2v) is 4.30. The van der Waals surface area contributed by atoms with Crippen LogP contribution in [0.4, 0.5) is 0 Å². The predicted molar refractivity (Wildman–Crippen MR) is 84.5 cm³/mol. The van der Waals surface area contributed by atoms with E-state index in [4.69, 9.17) is 0 Å². The van der Waals surface area contributed by atoms with Gasteiger partial charge < -0.3 is 0 Å². The molecule has 0 bridgehead atoms. The van der Waals surface area contributed by atoms with E-state index >= 15 is 0 Å². The summed E-state index contributed by atoms with van der Waals surface area (Å²) in [7, 11) is 0. The highest BCUT2D eigenvalue weighted by molar-refractivity contribution is 5.47. The zero-order chi connectivity index (χ0) is 16.2. The van der Waals surface area contributed by atoms with Crippen molar-refractivity contribution in [1.82, 2.24) is 0 Å². The normalized spacial score (nSPS) is 9.82. The lowest BCUT2D eigenvalue weighted by molar-refractivity contribution is -0.479. The molecule has 6 nitrogen and oxygen atoms in total. The molecule has 0 radical (unpaired) electrons. The van der Waals surface area contributed by atoms with Crippen LogP contribution in [0.3, 0.4) is 0 Å². The summed E-state index contributed by atoms with van der Waals surface area (Å²) in [5.41, 5.74) is 1.86. The third-order valence-electron chi connectivity index (χ3n) is 2.61. The molecule has 0 aromatic heterocycles. The molecule has 2 aromatic rings. The fourth-order valence-corrected chi connectivity index (χ4v) is 1.58. The molecule has 0 spiro atoms. The SMILES string of the molecule is O=[N+]([O-])/C=C/c1ccccc1.O=[N+]([O-])CCc1ccccc1. The number of rotatable bonds is 5. The highest BCUT2D eigenvalue weighted by Crippen LogP contribution is 2.00. The van der Waals surface area contributed by atoms with Gasteiger partial charge in [0.25, 0.3) is 0 Å². The molecule has 0 fully saturated rings. The van der Waals surface area contributed by atoms with E-state index < -0.39 is 4.92 Å². The average molecular weight is 300 g/mol. The van der Waals surface area contributed by atoms with Crippen LogP contribution in [0.25, 0.3) is 6.08 Å². The highest BCUT2D eigenvalue weighted by Gasteiger charge is 1.97. The van der Waals surface area contributed by atoms with Gasteiger partial charge in [0, 0.05) is 17.4 Å². The molecule has 0 aliphatic rings. The van der Waals surface area contributed by atoms with Gasteiger partial charge in [-0.15, -0.1) is 0 Å². The first-order valence-electron chi connectivity index (χ1n) is 6.60. The second kappa shape index (κ2) is 9.82. The number of hydrogen-bond acceptors (Lipinski definition) is 4. The van der Waals surface area contributed by atoms with E-state index in [0.29, 0.717) is 6.42 Å². The van der Waals surface area contributed by atoms with Crippen molar-refractivity contribution in [1.29, 1.82) is 0 Å². The molecule has 0 amide bonds. The first kappa shape index (κ1) is 17.0. The van der Waals surface area contributed by atoms with E-state index in [0.717, 1.165) is 17.3 Å². The van der Waals surface area contributed by atoms with E-state index in [2.05, 4.69) is 0 Å². The highest BCUT2D eigenvalue weighted by atomic mass is 16.6. The Morgan fingerprint density at radius 1 is 0.864 bits per heavy atom. The molecule has 2 aromatic carbocycles. The maximum atomic E-state index is 9.98. The predicted octanol–water partition coefficient (Wildman–Crippen LogP) is 3.44. The van der Waals surface area contributed by atoms with Crippen LogP contribution in [-0.2, 0) is 6.42 Å². The molecule has 0 saturated carbocycles. The Hall–Kier alpha value is -3.02. The molecule has 0 saturated heterocycles. The van der Waals surface area contributed by atoms with Gasteiger partial charge in [0.2, 0.25) is 12.7 Å². The second-order valence-electron chi connectivity index (χ2n) is 4.30. The van der Waals surface area contributed by atoms with E-state index in [1.165, 1.54) is 6.08 Å². The standard InChI is InChI=1S/C8H9NO2.C8H7NO2/c2*10-9(11)7-6-8-4-2-1-3-5-8/h1-5H,6-7H2;1-7H/b;7-6+. The summed E-state index contributed by atoms with van der Waals surface area (Å²) in [6.45, 7) is 0.0179. The largest absolute Gasteiger partial charge is 0.265 e. The number of nitrogens with zero attached hydrogens (tertiary/aromatic N) is 2. The Morgan fingerprint density at radius 3 is 1.91 bits per heavy atom. The van der Waals surface area contributed by atoms with Gasteiger partial charge in [-0.05, 0) is 11.1 Å². The zero-order valence-corrected chi connectivity index (χ0v) is 11.9. The fraction of sp³-hybridized carbons (Fsp3) is 0.125. The molecule has 2 rings (SSSR count). The van der Waals surface area contributed by atoms with Gasteiger partial charge in [0.05, 0.1) is 4.92 Å². The zero-order valence-electron chi connectivity index (χ0n) is 11.9. The smallest absolute Gasteiger partial charge is 0.235 e. The monoisotopic (exact) mass is 300 g/mol. The molecule has 22 heavy (non-hydrogen) atoms. The van der Waals surface area contributed by atoms with Crippen molar-refractivity contribution in [2.45, 2.75) is 6.42 Å². The van der Waals surface area contributed by atoms with Crippen LogP contribution >= 0.6 is 0 Å². The van der Waals surface area contributed by atoms with Gasteiger partial charge in [0.1, 0.15) is 0 Å². The van der Waals surface area contributed by atoms with Gasteiger partial charge in [0.15, 0.2) is 0 Å². The molecular formula is C16H16N2O4. The van der Waals surface area contributed by atoms with Crippen molar-refractivity contribution in [3.8, 4) is 0 Å². The lowest BCUT2D eigenvalue weighted by atomic mass is 10.2. The Kier molecular flexibility index (Phi) is 7.60. The maximum Gasteiger partial charge on any atom is 0.235 e. The van der Waals surface area contributed by atoms with Gasteiger partial charge in [-0.2, -0.15) is 0 Å². The maximum absolute atomic E-state index is 9.98. The molecule has 6 heteroatoms. The number of nitro groups is 2. The fourth-order valence-electron chi connectivity index (χ4n) is 1.58. The molecule has 0 atom stereocenters. The van der Waals surface area contributed by atoms with Crippen molar-refractivity contribution in [2.75, 3.05) is 6.54 Å². The van der Waals surface area contributed by atoms with E-state index in [9.17, 15) is 20.2 Å². The third-order valence-corrected chi connectivity index (χ3v) is 2.61. The Bertz CT molecular complexity index is 613. The lowest BCUT2D eigenvalue weighted by Crippen LogP contribution is -2.03. The molecular weight excluding hydrogens is 284 g/mol. The number of benzene rings is 2. The Balaban J connectivity index is 0.000000220. The van der Waals surface area contributed by atoms with Crippen molar-refractivity contribution in [2.24, 2.45) is 0 Å². The van der Waals surface area contributed by atoms with Crippen LogP contribution in [0.1, 0.15) is 11.1 Å². The Labute approximate surface area is 128 Å². The summed E-state index contributed by atoms with van der Waals surface area (Å²) >= 11 is 0. The lowest BCUT2D eigenvalue weighted by Gasteiger charge is -1.94. The van der Waals surface area contributed by atoms with Gasteiger partial charge >= 0.3 is 0 Å². The topological polar surface area (TPSA) is 86.3 Å². The van der Waals surface area contributed by atoms with Crippen LogP contribution in [-0.4, -0.2) is 16.4 Å². The summed E-state index contributed by atoms with van der Waals surface area (Å²) in [5.74, 6) is 0. The summed E-state index contributed by atoms with van der Waals surface area (Å²) in [6, 6.07) is 18.6. The van der Waals surface area contributed by atoms with Crippen molar-refractivity contribution in [3.05, 3.63) is 98.2 Å². The Morgan fingerprint density at radius 2 is 1.41 bits per heavy atom. The van der Waals surface area contributed by atoms with Gasteiger partial charge in [-0.1, -0.05) is 60.7 Å². The minimum absolute atomic E-state index is 0.0179. The van der Waals surface area contributed by atoms with Crippen LogP contribution in [0.5, 0.6) is 0 Å². The summed E-state index contributed by atoms with van der Waals surface area (Å²) in [4.78, 5) is 19.1. The summed E-state index contributed by atoms with van der Waals surface area (Å²) in [5, 5.41) is 19.9. The van der Waals surface area contributed by atoms with Crippen molar-refractivity contribution >= 4 is 6.08 Å². The van der Waals surface area contributed by atoms with E-state index in [1.807, 2.05) is 48.5 Å². The minimum atomic E-state index is -0.479. The molecule has 0 unspecified atom stereocenters. The molecule has 0 heterocycles. The van der Waals surface area contributed by atoms with Crippen molar-refractivity contribution in [3.63, 3.8) is 0 Å². The van der Waals surface area contributed by atoms with E-state index in [1.54, 1.807) is 12.1 Å². The number of hydrogen-bond donors (Lipinski definition) is 0. The molecule has 0 N–H and O–H groups in total. The van der Waals surface area contributed by atoms with Gasteiger partial charge in [-0.3, -0.25) is 20.2 Å². The first-order chi connectivity index (χ1) is 10.6.